The molecule has 3 heterocycles. The molecule has 7 heteroatoms. The number of aromatic hydroxyl groups is 1. The maximum Gasteiger partial charge on any atom is 0.360 e. The van der Waals surface area contributed by atoms with Crippen molar-refractivity contribution in [3.05, 3.63) is 54.6 Å². The van der Waals surface area contributed by atoms with Crippen LogP contribution < -0.4 is 0 Å². The fourth-order valence-corrected chi connectivity index (χ4v) is 2.79. The zero-order valence-corrected chi connectivity index (χ0v) is 12.7. The average molecular weight is 320 g/mol. The van der Waals surface area contributed by atoms with Crippen molar-refractivity contribution in [2.24, 2.45) is 0 Å². The van der Waals surface area contributed by atoms with Crippen molar-refractivity contribution in [3.63, 3.8) is 0 Å². The van der Waals surface area contributed by atoms with Gasteiger partial charge in [-0.25, -0.2) is 14.3 Å². The Morgan fingerprint density at radius 2 is 1.96 bits per heavy atom. The molecular formula is C17H12N4O3. The second-order valence-corrected chi connectivity index (χ2v) is 5.13. The van der Waals surface area contributed by atoms with Crippen LogP contribution in [0, 0.1) is 0 Å². The number of fused-ring (bicyclic) bond motifs is 3. The maximum absolute atomic E-state index is 12.0. The number of hydrogen-bond acceptors (Lipinski definition) is 6. The summed E-state index contributed by atoms with van der Waals surface area (Å²) in [7, 11) is 1.24. The molecule has 0 fully saturated rings. The van der Waals surface area contributed by atoms with Gasteiger partial charge in [0.2, 0.25) is 0 Å². The largest absolute Gasteiger partial charge is 0.504 e. The van der Waals surface area contributed by atoms with Gasteiger partial charge >= 0.3 is 5.97 Å². The Balaban J connectivity index is 2.19. The highest BCUT2D eigenvalue weighted by molar-refractivity contribution is 6.09. The molecule has 0 radical (unpaired) electrons. The summed E-state index contributed by atoms with van der Waals surface area (Å²) in [6.07, 6.45) is 2.90. The third-order valence-electron chi connectivity index (χ3n) is 3.85. The standard InChI is InChI=1S/C17H12N4O3/c1-24-17(23)14-15(22)13-12(16-19-9-20-21(14)16)11(7-8-18-13)10-5-3-2-4-6-10/h2-9,22H,1H3. The number of aromatic nitrogens is 4. The molecule has 0 saturated carbocycles. The number of pyridine rings is 2. The van der Waals surface area contributed by atoms with E-state index in [9.17, 15) is 9.90 Å². The summed E-state index contributed by atoms with van der Waals surface area (Å²) in [5, 5.41) is 15.3. The normalized spacial score (nSPS) is 11.0. The van der Waals surface area contributed by atoms with Gasteiger partial charge in [-0.3, -0.25) is 4.98 Å². The Morgan fingerprint density at radius 1 is 1.17 bits per heavy atom. The van der Waals surface area contributed by atoms with Gasteiger partial charge < -0.3 is 9.84 Å². The SMILES string of the molecule is COC(=O)c1c(O)c2nccc(-c3ccccc3)c2c2ncnn12. The summed E-state index contributed by atoms with van der Waals surface area (Å²) in [4.78, 5) is 20.5. The molecular weight excluding hydrogens is 308 g/mol. The fourth-order valence-electron chi connectivity index (χ4n) is 2.79. The second-order valence-electron chi connectivity index (χ2n) is 5.13. The van der Waals surface area contributed by atoms with Crippen LogP contribution in [-0.2, 0) is 4.74 Å². The molecule has 24 heavy (non-hydrogen) atoms. The molecule has 0 atom stereocenters. The molecule has 3 aromatic heterocycles. The Kier molecular flexibility index (Phi) is 3.13. The monoisotopic (exact) mass is 320 g/mol. The lowest BCUT2D eigenvalue weighted by Crippen LogP contribution is -2.10. The highest BCUT2D eigenvalue weighted by Crippen LogP contribution is 2.36. The average Bonchev–Trinajstić information content (AvgIpc) is 3.11. The Morgan fingerprint density at radius 3 is 2.71 bits per heavy atom. The van der Waals surface area contributed by atoms with Crippen molar-refractivity contribution in [3.8, 4) is 16.9 Å². The van der Waals surface area contributed by atoms with Crippen molar-refractivity contribution < 1.29 is 14.6 Å². The lowest BCUT2D eigenvalue weighted by molar-refractivity contribution is 0.0587. The van der Waals surface area contributed by atoms with Gasteiger partial charge in [-0.1, -0.05) is 30.3 Å². The van der Waals surface area contributed by atoms with Crippen molar-refractivity contribution in [2.45, 2.75) is 0 Å². The second kappa shape index (κ2) is 5.31. The van der Waals surface area contributed by atoms with E-state index in [0.29, 0.717) is 11.0 Å². The molecule has 1 aromatic carbocycles. The molecule has 0 bridgehead atoms. The zero-order valence-electron chi connectivity index (χ0n) is 12.7. The lowest BCUT2D eigenvalue weighted by atomic mass is 10.0. The summed E-state index contributed by atoms with van der Waals surface area (Å²) >= 11 is 0. The first-order valence-electron chi connectivity index (χ1n) is 7.19. The number of benzene rings is 1. The maximum atomic E-state index is 12.0. The number of carbonyl (C=O) groups excluding carboxylic acids is 1. The van der Waals surface area contributed by atoms with Crippen LogP contribution in [0.5, 0.6) is 5.75 Å². The summed E-state index contributed by atoms with van der Waals surface area (Å²) in [5.74, 6) is -0.996. The van der Waals surface area contributed by atoms with Gasteiger partial charge in [0.15, 0.2) is 17.1 Å². The Labute approximate surface area is 136 Å². The molecule has 0 aliphatic rings. The smallest absolute Gasteiger partial charge is 0.360 e. The first-order chi connectivity index (χ1) is 11.7. The van der Waals surface area contributed by atoms with Crippen LogP contribution in [0.3, 0.4) is 0 Å². The number of methoxy groups -OCH3 is 1. The quantitative estimate of drug-likeness (QED) is 0.571. The fraction of sp³-hybridized carbons (Fsp3) is 0.0588. The highest BCUT2D eigenvalue weighted by atomic mass is 16.5. The predicted molar refractivity (Wildman–Crippen MR) is 86.7 cm³/mol. The van der Waals surface area contributed by atoms with E-state index in [1.54, 1.807) is 6.20 Å². The lowest BCUT2D eigenvalue weighted by Gasteiger charge is -2.11. The topological polar surface area (TPSA) is 89.6 Å². The molecule has 4 rings (SSSR count). The number of carbonyl (C=O) groups is 1. The van der Waals surface area contributed by atoms with Crippen molar-refractivity contribution in [1.29, 1.82) is 0 Å². The first-order valence-corrected chi connectivity index (χ1v) is 7.19. The van der Waals surface area contributed by atoms with E-state index in [1.807, 2.05) is 36.4 Å². The van der Waals surface area contributed by atoms with E-state index >= 15 is 0 Å². The van der Waals surface area contributed by atoms with Gasteiger partial charge in [0.1, 0.15) is 11.8 Å². The molecule has 118 valence electrons. The molecule has 0 amide bonds. The Bertz CT molecular complexity index is 1070. The van der Waals surface area contributed by atoms with E-state index < -0.39 is 5.97 Å². The van der Waals surface area contributed by atoms with E-state index in [4.69, 9.17) is 4.74 Å². The van der Waals surface area contributed by atoms with Gasteiger partial charge in [0.05, 0.1) is 12.5 Å². The number of rotatable bonds is 2. The molecule has 0 aliphatic carbocycles. The molecule has 1 N–H and O–H groups in total. The van der Waals surface area contributed by atoms with Gasteiger partial charge in [-0.15, -0.1) is 0 Å². The molecule has 4 aromatic rings. The van der Waals surface area contributed by atoms with Gasteiger partial charge in [0.25, 0.3) is 0 Å². The van der Waals surface area contributed by atoms with Gasteiger partial charge in [-0.05, 0) is 17.2 Å². The minimum Gasteiger partial charge on any atom is -0.504 e. The molecule has 0 unspecified atom stereocenters. The Hall–Kier alpha value is -3.48. The van der Waals surface area contributed by atoms with E-state index in [0.717, 1.165) is 11.1 Å². The number of esters is 1. The summed E-state index contributed by atoms with van der Waals surface area (Å²) in [5.41, 5.74) is 2.38. The van der Waals surface area contributed by atoms with Crippen molar-refractivity contribution in [1.82, 2.24) is 19.6 Å². The van der Waals surface area contributed by atoms with E-state index in [2.05, 4.69) is 15.1 Å². The van der Waals surface area contributed by atoms with E-state index in [1.165, 1.54) is 18.0 Å². The zero-order chi connectivity index (χ0) is 16.7. The number of hydrogen-bond donors (Lipinski definition) is 1. The van der Waals surface area contributed by atoms with Crippen LogP contribution >= 0.6 is 0 Å². The van der Waals surface area contributed by atoms with Crippen LogP contribution in [0.25, 0.3) is 27.7 Å². The van der Waals surface area contributed by atoms with Crippen molar-refractivity contribution >= 4 is 22.5 Å². The molecule has 0 aliphatic heterocycles. The minimum absolute atomic E-state index is 0.102. The predicted octanol–water partition coefficient (Wildman–Crippen LogP) is 2.44. The minimum atomic E-state index is -0.711. The third kappa shape index (κ3) is 1.91. The summed E-state index contributed by atoms with van der Waals surface area (Å²) < 4.78 is 6.02. The van der Waals surface area contributed by atoms with Gasteiger partial charge in [-0.2, -0.15) is 5.10 Å². The molecule has 0 spiro atoms. The third-order valence-corrected chi connectivity index (χ3v) is 3.85. The molecule has 7 nitrogen and oxygen atoms in total. The highest BCUT2D eigenvalue weighted by Gasteiger charge is 2.24. The van der Waals surface area contributed by atoms with Crippen LogP contribution in [0.1, 0.15) is 10.5 Å². The number of nitrogens with zero attached hydrogens (tertiary/aromatic N) is 4. The van der Waals surface area contributed by atoms with Crippen molar-refractivity contribution in [2.75, 3.05) is 7.11 Å². The van der Waals surface area contributed by atoms with Crippen LogP contribution in [-0.4, -0.2) is 37.8 Å². The van der Waals surface area contributed by atoms with Gasteiger partial charge in [0, 0.05) is 6.20 Å². The van der Waals surface area contributed by atoms with Crippen LogP contribution in [0.2, 0.25) is 0 Å². The first kappa shape index (κ1) is 14.1. The van der Waals surface area contributed by atoms with Crippen LogP contribution in [0.15, 0.2) is 48.9 Å². The van der Waals surface area contributed by atoms with E-state index in [-0.39, 0.29) is 17.0 Å². The number of ether oxygens (including phenoxy) is 1. The van der Waals surface area contributed by atoms with Crippen LogP contribution in [0.4, 0.5) is 0 Å². The summed E-state index contributed by atoms with van der Waals surface area (Å²) in [6.45, 7) is 0. The molecule has 0 saturated heterocycles. The summed E-state index contributed by atoms with van der Waals surface area (Å²) in [6, 6.07) is 11.5.